The summed E-state index contributed by atoms with van der Waals surface area (Å²) < 4.78 is 10.6. The van der Waals surface area contributed by atoms with Gasteiger partial charge < -0.3 is 14.4 Å². The van der Waals surface area contributed by atoms with Crippen molar-refractivity contribution in [2.75, 3.05) is 31.2 Å². The second-order valence-electron chi connectivity index (χ2n) is 4.77. The van der Waals surface area contributed by atoms with Crippen LogP contribution in [0.5, 0.6) is 0 Å². The third-order valence-corrected chi connectivity index (χ3v) is 4.17. The number of aromatic nitrogens is 1. The average molecular weight is 298 g/mol. The fourth-order valence-corrected chi connectivity index (χ4v) is 3.23. The Bertz CT molecular complexity index is 434. The highest BCUT2D eigenvalue weighted by Crippen LogP contribution is 2.25. The molecule has 2 heterocycles. The molecule has 1 saturated heterocycles. The molecule has 0 aromatic carbocycles. The van der Waals surface area contributed by atoms with Gasteiger partial charge in [-0.2, -0.15) is 0 Å². The van der Waals surface area contributed by atoms with Gasteiger partial charge in [-0.3, -0.25) is 4.79 Å². The van der Waals surface area contributed by atoms with E-state index in [-0.39, 0.29) is 12.4 Å². The Hall–Kier alpha value is -1.14. The van der Waals surface area contributed by atoms with E-state index in [0.29, 0.717) is 12.7 Å². The smallest absolute Gasteiger partial charge is 0.311 e. The van der Waals surface area contributed by atoms with Crippen molar-refractivity contribution in [1.29, 1.82) is 0 Å². The Morgan fingerprint density at radius 1 is 1.50 bits per heavy atom. The van der Waals surface area contributed by atoms with Crippen molar-refractivity contribution in [1.82, 2.24) is 4.98 Å². The molecule has 0 spiro atoms. The quantitative estimate of drug-likeness (QED) is 0.754. The predicted octanol–water partition coefficient (Wildman–Crippen LogP) is 2.25. The molecule has 6 heteroatoms. The lowest BCUT2D eigenvalue weighted by Crippen LogP contribution is -2.39. The summed E-state index contributed by atoms with van der Waals surface area (Å²) in [5.41, 5.74) is 0.794. The SMILES string of the molecule is CCOC(=O)Cc1csc(N2CCCC(OCC)C2)n1. The first-order chi connectivity index (χ1) is 9.72. The maximum atomic E-state index is 11.4. The zero-order valence-electron chi connectivity index (χ0n) is 12.1. The lowest BCUT2D eigenvalue weighted by molar-refractivity contribution is -0.142. The van der Waals surface area contributed by atoms with Gasteiger partial charge in [-0.25, -0.2) is 4.98 Å². The second-order valence-corrected chi connectivity index (χ2v) is 5.61. The largest absolute Gasteiger partial charge is 0.466 e. The van der Waals surface area contributed by atoms with Gasteiger partial charge in [-0.1, -0.05) is 0 Å². The van der Waals surface area contributed by atoms with Crippen LogP contribution in [-0.4, -0.2) is 43.4 Å². The molecule has 0 bridgehead atoms. The lowest BCUT2D eigenvalue weighted by Gasteiger charge is -2.32. The summed E-state index contributed by atoms with van der Waals surface area (Å²) in [6, 6.07) is 0. The first kappa shape index (κ1) is 15.3. The highest BCUT2D eigenvalue weighted by Gasteiger charge is 2.22. The van der Waals surface area contributed by atoms with Crippen molar-refractivity contribution >= 4 is 22.4 Å². The molecule has 1 fully saturated rings. The van der Waals surface area contributed by atoms with Crippen LogP contribution in [0.4, 0.5) is 5.13 Å². The summed E-state index contributed by atoms with van der Waals surface area (Å²) in [4.78, 5) is 18.2. The molecule has 20 heavy (non-hydrogen) atoms. The van der Waals surface area contributed by atoms with Crippen LogP contribution in [0.1, 0.15) is 32.4 Å². The maximum Gasteiger partial charge on any atom is 0.311 e. The summed E-state index contributed by atoms with van der Waals surface area (Å²) >= 11 is 1.59. The Morgan fingerprint density at radius 3 is 3.10 bits per heavy atom. The van der Waals surface area contributed by atoms with Gasteiger partial charge in [0.15, 0.2) is 5.13 Å². The summed E-state index contributed by atoms with van der Waals surface area (Å²) in [6.45, 7) is 6.91. The van der Waals surface area contributed by atoms with Gasteiger partial charge in [-0.05, 0) is 26.7 Å². The van der Waals surface area contributed by atoms with Gasteiger partial charge in [0.05, 0.1) is 24.8 Å². The Balaban J connectivity index is 1.92. The van der Waals surface area contributed by atoms with E-state index in [1.807, 2.05) is 19.2 Å². The van der Waals surface area contributed by atoms with E-state index >= 15 is 0 Å². The normalized spacial score (nSPS) is 19.1. The molecule has 1 unspecified atom stereocenters. The topological polar surface area (TPSA) is 51.7 Å². The number of hydrogen-bond donors (Lipinski definition) is 0. The zero-order valence-corrected chi connectivity index (χ0v) is 12.9. The maximum absolute atomic E-state index is 11.4. The number of carbonyl (C=O) groups excluding carboxylic acids is 1. The van der Waals surface area contributed by atoms with Gasteiger partial charge in [0, 0.05) is 25.1 Å². The molecular weight excluding hydrogens is 276 g/mol. The Labute approximate surface area is 123 Å². The highest BCUT2D eigenvalue weighted by molar-refractivity contribution is 7.13. The average Bonchev–Trinajstić information content (AvgIpc) is 2.88. The van der Waals surface area contributed by atoms with Gasteiger partial charge in [0.1, 0.15) is 0 Å². The standard InChI is InChI=1S/C14H22N2O3S/c1-3-18-12-6-5-7-16(9-12)14-15-11(10-20-14)8-13(17)19-4-2/h10,12H,3-9H2,1-2H3. The van der Waals surface area contributed by atoms with Crippen LogP contribution in [0.15, 0.2) is 5.38 Å². The number of carbonyl (C=O) groups is 1. The minimum atomic E-state index is -0.213. The molecular formula is C14H22N2O3S. The van der Waals surface area contributed by atoms with E-state index in [1.165, 1.54) is 0 Å². The Kier molecular flexibility index (Phi) is 5.79. The van der Waals surface area contributed by atoms with Crippen LogP contribution in [0.3, 0.4) is 0 Å². The van der Waals surface area contributed by atoms with Crippen LogP contribution in [-0.2, 0) is 20.7 Å². The predicted molar refractivity (Wildman–Crippen MR) is 79.3 cm³/mol. The van der Waals surface area contributed by atoms with Crippen LogP contribution < -0.4 is 4.90 Å². The van der Waals surface area contributed by atoms with Crippen LogP contribution in [0.2, 0.25) is 0 Å². The van der Waals surface area contributed by atoms with Crippen LogP contribution >= 0.6 is 11.3 Å². The molecule has 112 valence electrons. The fourth-order valence-electron chi connectivity index (χ4n) is 2.37. The number of nitrogens with zero attached hydrogens (tertiary/aromatic N) is 2. The summed E-state index contributed by atoms with van der Waals surface area (Å²) in [5.74, 6) is -0.213. The number of anilines is 1. The van der Waals surface area contributed by atoms with Crippen molar-refractivity contribution < 1.29 is 14.3 Å². The van der Waals surface area contributed by atoms with Crippen molar-refractivity contribution in [3.8, 4) is 0 Å². The van der Waals surface area contributed by atoms with E-state index in [2.05, 4.69) is 9.88 Å². The zero-order chi connectivity index (χ0) is 14.4. The summed E-state index contributed by atoms with van der Waals surface area (Å²) in [6.07, 6.45) is 2.79. The van der Waals surface area contributed by atoms with Crippen LogP contribution in [0, 0.1) is 0 Å². The van der Waals surface area contributed by atoms with E-state index in [4.69, 9.17) is 9.47 Å². The molecule has 1 aliphatic rings. The number of piperidine rings is 1. The molecule has 1 atom stereocenters. The molecule has 1 aliphatic heterocycles. The van der Waals surface area contributed by atoms with Crippen LogP contribution in [0.25, 0.3) is 0 Å². The third kappa shape index (κ3) is 4.18. The molecule has 1 aromatic rings. The highest BCUT2D eigenvalue weighted by atomic mass is 32.1. The number of esters is 1. The minimum absolute atomic E-state index is 0.213. The minimum Gasteiger partial charge on any atom is -0.466 e. The third-order valence-electron chi connectivity index (χ3n) is 3.22. The fraction of sp³-hybridized carbons (Fsp3) is 0.714. The molecule has 0 saturated carbocycles. The molecule has 0 N–H and O–H groups in total. The van der Waals surface area contributed by atoms with Crippen molar-refractivity contribution in [3.05, 3.63) is 11.1 Å². The first-order valence-corrected chi connectivity index (χ1v) is 8.07. The second kappa shape index (κ2) is 7.59. The summed E-state index contributed by atoms with van der Waals surface area (Å²) in [7, 11) is 0. The lowest BCUT2D eigenvalue weighted by atomic mass is 10.1. The molecule has 5 nitrogen and oxygen atoms in total. The van der Waals surface area contributed by atoms with E-state index in [0.717, 1.165) is 43.4 Å². The summed E-state index contributed by atoms with van der Waals surface area (Å²) in [5, 5.41) is 2.92. The van der Waals surface area contributed by atoms with Gasteiger partial charge >= 0.3 is 5.97 Å². The van der Waals surface area contributed by atoms with E-state index in [1.54, 1.807) is 11.3 Å². The molecule has 2 rings (SSSR count). The molecule has 0 amide bonds. The van der Waals surface area contributed by atoms with Crippen molar-refractivity contribution in [3.63, 3.8) is 0 Å². The van der Waals surface area contributed by atoms with Gasteiger partial charge in [0.2, 0.25) is 0 Å². The van der Waals surface area contributed by atoms with E-state index < -0.39 is 0 Å². The van der Waals surface area contributed by atoms with Gasteiger partial charge in [0.25, 0.3) is 0 Å². The van der Waals surface area contributed by atoms with Crippen molar-refractivity contribution in [2.45, 2.75) is 39.2 Å². The van der Waals surface area contributed by atoms with Crippen molar-refractivity contribution in [2.24, 2.45) is 0 Å². The van der Waals surface area contributed by atoms with Gasteiger partial charge in [-0.15, -0.1) is 11.3 Å². The van der Waals surface area contributed by atoms with E-state index in [9.17, 15) is 4.79 Å². The monoisotopic (exact) mass is 298 g/mol. The number of thiazole rings is 1. The Morgan fingerprint density at radius 2 is 2.35 bits per heavy atom. The molecule has 1 aromatic heterocycles. The number of hydrogen-bond acceptors (Lipinski definition) is 6. The first-order valence-electron chi connectivity index (χ1n) is 7.19. The number of ether oxygens (including phenoxy) is 2. The molecule has 0 aliphatic carbocycles. The molecule has 0 radical (unpaired) electrons. The number of rotatable bonds is 6.